The minimum atomic E-state index is -1.90. The maximum Gasteiger partial charge on any atom is 0 e. The van der Waals surface area contributed by atoms with Gasteiger partial charge in [-0.1, -0.05) is 61.2 Å². The van der Waals surface area contributed by atoms with Crippen molar-refractivity contribution in [2.24, 2.45) is 0 Å². The first-order chi connectivity index (χ1) is 25.4. The number of thiophene rings is 1. The van der Waals surface area contributed by atoms with E-state index in [4.69, 9.17) is 10.5 Å². The van der Waals surface area contributed by atoms with Crippen LogP contribution in [0, 0.1) is 19.1 Å². The minimum Gasteiger partial charge on any atom is 0 e. The molecule has 277 valence electrons. The van der Waals surface area contributed by atoms with E-state index in [0.717, 1.165) is 53.8 Å². The number of pyridine rings is 2. The molecule has 0 aliphatic carbocycles. The van der Waals surface area contributed by atoms with Crippen LogP contribution in [0.3, 0.4) is 0 Å². The van der Waals surface area contributed by atoms with Crippen LogP contribution in [0.25, 0.3) is 53.8 Å². The van der Waals surface area contributed by atoms with Crippen molar-refractivity contribution in [1.82, 2.24) is 9.97 Å². The average Bonchev–Trinajstić information content (AvgIpc) is 3.56. The molecular formula is C43H38GeIrN2O6S-2. The fourth-order valence-corrected chi connectivity index (χ4v) is 11.1. The third kappa shape index (κ3) is 8.71. The van der Waals surface area contributed by atoms with E-state index in [1.807, 2.05) is 60.9 Å². The summed E-state index contributed by atoms with van der Waals surface area (Å²) >= 11 is -0.408. The van der Waals surface area contributed by atoms with Crippen molar-refractivity contribution >= 4 is 61.1 Å². The molecule has 11 heteroatoms. The van der Waals surface area contributed by atoms with Crippen LogP contribution < -0.4 is 4.40 Å². The third-order valence-corrected chi connectivity index (χ3v) is 14.7. The molecule has 2 N–H and O–H groups in total. The van der Waals surface area contributed by atoms with Gasteiger partial charge in [0.2, 0.25) is 0 Å². The summed E-state index contributed by atoms with van der Waals surface area (Å²) in [5.74, 6) is 5.84. The molecule has 0 fully saturated rings. The molecule has 0 atom stereocenters. The summed E-state index contributed by atoms with van der Waals surface area (Å²) in [4.78, 5) is 40.6. The van der Waals surface area contributed by atoms with Gasteiger partial charge in [0.25, 0.3) is 0 Å². The second-order valence-electron chi connectivity index (χ2n) is 14.0. The Bertz CT molecular complexity index is 2440. The summed E-state index contributed by atoms with van der Waals surface area (Å²) in [6.07, 6.45) is 3.79. The van der Waals surface area contributed by atoms with Gasteiger partial charge in [0.05, 0.1) is 5.56 Å². The monoisotopic (exact) mass is 977 g/mol. The van der Waals surface area contributed by atoms with Crippen molar-refractivity contribution in [3.8, 4) is 33.6 Å². The van der Waals surface area contributed by atoms with Crippen molar-refractivity contribution in [2.75, 3.05) is 0 Å². The zero-order valence-electron chi connectivity index (χ0n) is 30.6. The van der Waals surface area contributed by atoms with E-state index >= 15 is 0 Å². The van der Waals surface area contributed by atoms with Crippen LogP contribution in [-0.4, -0.2) is 45.7 Å². The first-order valence-electron chi connectivity index (χ1n) is 17.0. The molecule has 0 saturated carbocycles. The van der Waals surface area contributed by atoms with Crippen LogP contribution in [0.2, 0.25) is 17.3 Å². The molecule has 0 saturated heterocycles. The fraction of sp³-hybridized carbons (Fsp3) is 0.163. The number of fused-ring (bicyclic) bond motifs is 3. The van der Waals surface area contributed by atoms with Crippen LogP contribution in [0.1, 0.15) is 51.6 Å². The third-order valence-electron chi connectivity index (χ3n) is 8.98. The molecule has 0 amide bonds. The molecular weight excluding hydrogens is 937 g/mol. The summed E-state index contributed by atoms with van der Waals surface area (Å²) < 4.78 is 3.15. The normalized spacial score (nSPS) is 11.1. The number of aryl methyl sites for hydroxylation is 1. The minimum absolute atomic E-state index is 0. The summed E-state index contributed by atoms with van der Waals surface area (Å²) in [5, 5.41) is 19.4. The van der Waals surface area contributed by atoms with Crippen molar-refractivity contribution in [1.29, 1.82) is 0 Å². The van der Waals surface area contributed by atoms with Gasteiger partial charge < -0.3 is 4.98 Å². The summed E-state index contributed by atoms with van der Waals surface area (Å²) in [6.45, 7) is 6.41. The molecule has 0 aliphatic heterocycles. The first-order valence-corrected chi connectivity index (χ1v) is 25.2. The molecule has 7 rings (SSSR count). The Hall–Kier alpha value is -4.55. The molecule has 3 aromatic heterocycles. The van der Waals surface area contributed by atoms with Gasteiger partial charge in [-0.05, 0) is 51.0 Å². The summed E-state index contributed by atoms with van der Waals surface area (Å²) in [7, 11) is 0. The average molecular weight is 976 g/mol. The molecule has 4 aromatic carbocycles. The zero-order valence-corrected chi connectivity index (χ0v) is 35.9. The standard InChI is InChI=1S/C27H20NO3S.C16H18GeNO3.Ir/c1-16(2)18-11-12-28-24(15-18)21-10-6-9-20-22-13-19(17-7-4-3-5-8-17)14-23(27(29)31-30)26(22)32-25(20)21;1-11-9-15(18-10-14(11)17(2,3)4)12-5-7-13(8-6-12)16(19)21-20;/h3-9,11-16,30H,1-2H3;5,7-10,20H,1-4H3;/q2*-1;. The largest absolute Gasteiger partial charge is 0 e. The number of benzene rings is 4. The molecule has 7 aromatic rings. The maximum absolute atomic E-state index is 12.5. The maximum atomic E-state index is 12.5. The van der Waals surface area contributed by atoms with E-state index in [9.17, 15) is 9.59 Å². The Labute approximate surface area is 334 Å². The van der Waals surface area contributed by atoms with Crippen LogP contribution in [-0.2, 0) is 29.9 Å². The zero-order chi connectivity index (χ0) is 37.9. The number of hydrogen-bond acceptors (Lipinski definition) is 9. The Morgan fingerprint density at radius 3 is 2.17 bits per heavy atom. The predicted octanol–water partition coefficient (Wildman–Crippen LogP) is 10.4. The Balaban J connectivity index is 0.000000223. The topological polar surface area (TPSA) is 119 Å². The van der Waals surface area contributed by atoms with Crippen molar-refractivity contribution in [3.05, 3.63) is 138 Å². The fourth-order valence-electron chi connectivity index (χ4n) is 6.23. The van der Waals surface area contributed by atoms with E-state index < -0.39 is 25.2 Å². The number of aromatic nitrogens is 2. The number of rotatable bonds is 7. The second-order valence-corrected chi connectivity index (χ2v) is 25.6. The van der Waals surface area contributed by atoms with Gasteiger partial charge >= 0.3 is 133 Å². The number of hydrogen-bond donors (Lipinski definition) is 2. The van der Waals surface area contributed by atoms with Gasteiger partial charge in [-0.15, -0.1) is 23.8 Å². The molecule has 1 radical (unpaired) electrons. The number of carbonyl (C=O) groups excluding carboxylic acids is 2. The summed E-state index contributed by atoms with van der Waals surface area (Å²) in [6, 6.07) is 34.9. The summed E-state index contributed by atoms with van der Waals surface area (Å²) in [5.41, 5.74) is 8.28. The van der Waals surface area contributed by atoms with Crippen molar-refractivity contribution in [3.63, 3.8) is 0 Å². The Kier molecular flexibility index (Phi) is 13.0. The van der Waals surface area contributed by atoms with E-state index in [-0.39, 0.29) is 25.7 Å². The van der Waals surface area contributed by atoms with Crippen molar-refractivity contribution < 1.29 is 50.0 Å². The SMILES string of the molecule is CC(C)c1ccnc(-c2[c-]ccc3c2sc2c(C(=O)OO)cc(-c4ccccc4)cc23)c1.Cc1cc(-c2[c-]cc(C(=O)OO)cc2)nc[c]1[Ge]([CH3])([CH3])[CH3].[Ir]. The molecule has 0 bridgehead atoms. The Morgan fingerprint density at radius 2 is 1.54 bits per heavy atom. The predicted molar refractivity (Wildman–Crippen MR) is 213 cm³/mol. The van der Waals surface area contributed by atoms with Gasteiger partial charge in [-0.25, -0.2) is 4.79 Å². The molecule has 3 heterocycles. The van der Waals surface area contributed by atoms with Crippen LogP contribution in [0.4, 0.5) is 0 Å². The van der Waals surface area contributed by atoms with Crippen LogP contribution >= 0.6 is 11.3 Å². The number of carbonyl (C=O) groups is 2. The van der Waals surface area contributed by atoms with Gasteiger partial charge in [0, 0.05) is 31.0 Å². The second kappa shape index (κ2) is 17.3. The molecule has 8 nitrogen and oxygen atoms in total. The van der Waals surface area contributed by atoms with Crippen LogP contribution in [0.15, 0.2) is 103 Å². The Morgan fingerprint density at radius 1 is 0.796 bits per heavy atom. The van der Waals surface area contributed by atoms with Gasteiger partial charge in [-0.2, -0.15) is 16.6 Å². The van der Waals surface area contributed by atoms with Crippen LogP contribution in [0.5, 0.6) is 0 Å². The van der Waals surface area contributed by atoms with Gasteiger partial charge in [-0.3, -0.25) is 4.89 Å². The van der Waals surface area contributed by atoms with E-state index in [1.54, 1.807) is 18.2 Å². The van der Waals surface area contributed by atoms with E-state index in [1.165, 1.54) is 32.9 Å². The van der Waals surface area contributed by atoms with E-state index in [2.05, 4.69) is 88.1 Å². The quantitative estimate of drug-likeness (QED) is 0.0702. The molecule has 0 unspecified atom stereocenters. The van der Waals surface area contributed by atoms with E-state index in [0.29, 0.717) is 11.5 Å². The van der Waals surface area contributed by atoms with Gasteiger partial charge in [0.1, 0.15) is 0 Å². The molecule has 0 spiro atoms. The smallest absolute Gasteiger partial charge is 0 e. The molecule has 54 heavy (non-hydrogen) atoms. The first kappa shape index (κ1) is 40.6. The van der Waals surface area contributed by atoms with Gasteiger partial charge in [0.15, 0.2) is 0 Å². The number of nitrogens with zero attached hydrogens (tertiary/aromatic N) is 2. The van der Waals surface area contributed by atoms with Crippen molar-refractivity contribution in [2.45, 2.75) is 44.0 Å². The molecule has 0 aliphatic rings.